The number of carboxylic acid groups (broad SMARTS) is 1. The van der Waals surface area contributed by atoms with E-state index in [4.69, 9.17) is 9.84 Å². The SMILES string of the molecule is CC(=O)OCCC(=CC(NC=O)C(=O)O)CBr. The second-order valence-corrected chi connectivity index (χ2v) is 3.71. The monoisotopic (exact) mass is 307 g/mol. The highest BCUT2D eigenvalue weighted by atomic mass is 79.9. The molecule has 0 aliphatic heterocycles. The van der Waals surface area contributed by atoms with Crippen molar-refractivity contribution < 1.29 is 24.2 Å². The molecule has 0 fully saturated rings. The van der Waals surface area contributed by atoms with Crippen molar-refractivity contribution in [3.05, 3.63) is 11.6 Å². The number of rotatable bonds is 8. The third-order valence-electron chi connectivity index (χ3n) is 1.82. The smallest absolute Gasteiger partial charge is 0.330 e. The average molecular weight is 308 g/mol. The summed E-state index contributed by atoms with van der Waals surface area (Å²) in [6.07, 6.45) is 2.15. The normalized spacial score (nSPS) is 12.7. The Balaban J connectivity index is 4.42. The Morgan fingerprint density at radius 3 is 2.59 bits per heavy atom. The van der Waals surface area contributed by atoms with Gasteiger partial charge >= 0.3 is 11.9 Å². The second kappa shape index (κ2) is 8.74. The van der Waals surface area contributed by atoms with E-state index in [1.165, 1.54) is 13.0 Å². The van der Waals surface area contributed by atoms with Crippen LogP contribution < -0.4 is 5.32 Å². The number of halogens is 1. The summed E-state index contributed by atoms with van der Waals surface area (Å²) in [5.74, 6) is -1.54. The summed E-state index contributed by atoms with van der Waals surface area (Å²) in [5.41, 5.74) is 0.730. The van der Waals surface area contributed by atoms with Gasteiger partial charge in [-0.25, -0.2) is 4.79 Å². The van der Waals surface area contributed by atoms with Crippen molar-refractivity contribution in [1.29, 1.82) is 0 Å². The van der Waals surface area contributed by atoms with E-state index in [0.717, 1.165) is 5.57 Å². The summed E-state index contributed by atoms with van der Waals surface area (Å²) in [5, 5.41) is 11.4. The van der Waals surface area contributed by atoms with Crippen molar-refractivity contribution in [2.75, 3.05) is 11.9 Å². The molecule has 0 heterocycles. The van der Waals surface area contributed by atoms with Crippen molar-refractivity contribution in [3.8, 4) is 0 Å². The molecule has 7 heteroatoms. The van der Waals surface area contributed by atoms with Gasteiger partial charge in [-0.05, 0) is 0 Å². The van der Waals surface area contributed by atoms with Crippen LogP contribution in [-0.2, 0) is 19.1 Å². The predicted molar refractivity (Wildman–Crippen MR) is 63.8 cm³/mol. The van der Waals surface area contributed by atoms with Crippen molar-refractivity contribution >= 4 is 34.3 Å². The zero-order valence-corrected chi connectivity index (χ0v) is 10.9. The minimum atomic E-state index is -1.15. The van der Waals surface area contributed by atoms with Gasteiger partial charge in [-0.1, -0.05) is 27.6 Å². The van der Waals surface area contributed by atoms with Crippen molar-refractivity contribution in [2.24, 2.45) is 0 Å². The number of hydrogen-bond donors (Lipinski definition) is 2. The highest BCUT2D eigenvalue weighted by molar-refractivity contribution is 9.09. The molecule has 96 valence electrons. The number of carboxylic acids is 1. The molecule has 0 aromatic carbocycles. The highest BCUT2D eigenvalue weighted by Crippen LogP contribution is 2.07. The van der Waals surface area contributed by atoms with Crippen molar-refractivity contribution in [1.82, 2.24) is 5.32 Å². The quantitative estimate of drug-likeness (QED) is 0.294. The first kappa shape index (κ1) is 15.6. The fourth-order valence-electron chi connectivity index (χ4n) is 1.02. The zero-order chi connectivity index (χ0) is 13.3. The van der Waals surface area contributed by atoms with Gasteiger partial charge in [0.1, 0.15) is 6.04 Å². The molecule has 1 unspecified atom stereocenters. The van der Waals surface area contributed by atoms with E-state index in [9.17, 15) is 14.4 Å². The van der Waals surface area contributed by atoms with Crippen molar-refractivity contribution in [3.63, 3.8) is 0 Å². The van der Waals surface area contributed by atoms with Crippen LogP contribution >= 0.6 is 15.9 Å². The maximum atomic E-state index is 10.8. The standard InChI is InChI=1S/C10H14BrNO5/c1-7(14)17-3-2-8(5-11)4-9(10(15)16)12-6-13/h4,6,9H,2-3,5H2,1H3,(H,12,13)(H,15,16). The average Bonchev–Trinajstić information content (AvgIpc) is 2.25. The van der Waals surface area contributed by atoms with E-state index in [1.807, 2.05) is 0 Å². The lowest BCUT2D eigenvalue weighted by molar-refractivity contribution is -0.141. The lowest BCUT2D eigenvalue weighted by Gasteiger charge is -2.09. The van der Waals surface area contributed by atoms with E-state index in [-0.39, 0.29) is 12.6 Å². The fraction of sp³-hybridized carbons (Fsp3) is 0.500. The molecule has 0 aliphatic rings. The number of hydrogen-bond acceptors (Lipinski definition) is 4. The molecule has 0 saturated heterocycles. The third kappa shape index (κ3) is 7.51. The van der Waals surface area contributed by atoms with Crippen LogP contribution in [0.3, 0.4) is 0 Å². The molecule has 0 aliphatic carbocycles. The Labute approximate surface area is 107 Å². The summed E-state index contributed by atoms with van der Waals surface area (Å²) >= 11 is 3.19. The van der Waals surface area contributed by atoms with Gasteiger partial charge in [0, 0.05) is 18.7 Å². The highest BCUT2D eigenvalue weighted by Gasteiger charge is 2.13. The van der Waals surface area contributed by atoms with Gasteiger partial charge in [0.2, 0.25) is 6.41 Å². The molecule has 0 radical (unpaired) electrons. The number of esters is 1. The van der Waals surface area contributed by atoms with Crippen LogP contribution in [0.25, 0.3) is 0 Å². The molecule has 1 amide bonds. The molecule has 0 rings (SSSR count). The maximum absolute atomic E-state index is 10.8. The van der Waals surface area contributed by atoms with Crippen molar-refractivity contribution in [2.45, 2.75) is 19.4 Å². The molecule has 17 heavy (non-hydrogen) atoms. The van der Waals surface area contributed by atoms with Crippen LogP contribution in [-0.4, -0.2) is 41.4 Å². The van der Waals surface area contributed by atoms with Gasteiger partial charge in [0.05, 0.1) is 6.61 Å². The summed E-state index contributed by atoms with van der Waals surface area (Å²) in [6.45, 7) is 1.48. The van der Waals surface area contributed by atoms with E-state index in [1.54, 1.807) is 0 Å². The second-order valence-electron chi connectivity index (χ2n) is 3.15. The summed E-state index contributed by atoms with van der Waals surface area (Å²) in [6, 6.07) is -1.07. The minimum Gasteiger partial charge on any atom is -0.479 e. The van der Waals surface area contributed by atoms with Gasteiger partial charge in [0.25, 0.3) is 0 Å². The third-order valence-corrected chi connectivity index (χ3v) is 2.54. The molecule has 0 spiro atoms. The van der Waals surface area contributed by atoms with Crippen LogP contribution in [0.5, 0.6) is 0 Å². The molecular formula is C10H14BrNO5. The Morgan fingerprint density at radius 1 is 1.53 bits per heavy atom. The predicted octanol–water partition coefficient (Wildman–Crippen LogP) is 0.460. The minimum absolute atomic E-state index is 0.181. The molecule has 0 bridgehead atoms. The van der Waals surface area contributed by atoms with Crippen LogP contribution in [0.1, 0.15) is 13.3 Å². The number of nitrogens with one attached hydrogen (secondary N) is 1. The molecule has 1 atom stereocenters. The molecule has 0 saturated carbocycles. The number of amides is 1. The molecular weight excluding hydrogens is 294 g/mol. The number of carbonyl (C=O) groups excluding carboxylic acids is 2. The first-order valence-electron chi connectivity index (χ1n) is 4.82. The summed E-state index contributed by atoms with van der Waals surface area (Å²) in [4.78, 5) is 31.5. The zero-order valence-electron chi connectivity index (χ0n) is 9.31. The summed E-state index contributed by atoms with van der Waals surface area (Å²) in [7, 11) is 0. The molecule has 0 aromatic rings. The van der Waals surface area contributed by atoms with Gasteiger partial charge in [-0.15, -0.1) is 0 Å². The fourth-order valence-corrected chi connectivity index (χ4v) is 1.49. The van der Waals surface area contributed by atoms with Crippen LogP contribution in [0, 0.1) is 0 Å². The Morgan fingerprint density at radius 2 is 2.18 bits per heavy atom. The Hall–Kier alpha value is -1.37. The number of alkyl halides is 1. The van der Waals surface area contributed by atoms with Crippen LogP contribution in [0.2, 0.25) is 0 Å². The topological polar surface area (TPSA) is 92.7 Å². The van der Waals surface area contributed by atoms with Gasteiger partial charge in [-0.2, -0.15) is 0 Å². The molecule has 2 N–H and O–H groups in total. The lowest BCUT2D eigenvalue weighted by atomic mass is 10.1. The van der Waals surface area contributed by atoms with Gasteiger partial charge < -0.3 is 15.2 Å². The first-order chi connectivity index (χ1) is 8.01. The maximum Gasteiger partial charge on any atom is 0.330 e. The Bertz CT molecular complexity index is 316. The van der Waals surface area contributed by atoms with Gasteiger partial charge in [0.15, 0.2) is 0 Å². The van der Waals surface area contributed by atoms with Crippen LogP contribution in [0.15, 0.2) is 11.6 Å². The lowest BCUT2D eigenvalue weighted by Crippen LogP contribution is -2.34. The largest absolute Gasteiger partial charge is 0.479 e. The van der Waals surface area contributed by atoms with E-state index in [0.29, 0.717) is 18.2 Å². The number of ether oxygens (including phenoxy) is 1. The van der Waals surface area contributed by atoms with Crippen LogP contribution in [0.4, 0.5) is 0 Å². The summed E-state index contributed by atoms with van der Waals surface area (Å²) < 4.78 is 4.74. The number of carbonyl (C=O) groups is 3. The molecule has 6 nitrogen and oxygen atoms in total. The van der Waals surface area contributed by atoms with E-state index < -0.39 is 12.0 Å². The van der Waals surface area contributed by atoms with E-state index in [2.05, 4.69) is 21.2 Å². The Kier molecular flexibility index (Phi) is 8.04. The van der Waals surface area contributed by atoms with E-state index >= 15 is 0 Å². The van der Waals surface area contributed by atoms with Gasteiger partial charge in [-0.3, -0.25) is 9.59 Å². The molecule has 0 aromatic heterocycles. The first-order valence-corrected chi connectivity index (χ1v) is 5.94. The number of aliphatic carboxylic acids is 1.